The highest BCUT2D eigenvalue weighted by Gasteiger charge is 2.29. The molecule has 1 aromatic carbocycles. The zero-order valence-corrected chi connectivity index (χ0v) is 14.9. The van der Waals surface area contributed by atoms with Gasteiger partial charge in [-0.3, -0.25) is 9.59 Å². The van der Waals surface area contributed by atoms with Gasteiger partial charge in [-0.05, 0) is 17.7 Å². The Labute approximate surface area is 138 Å². The van der Waals surface area contributed by atoms with Crippen LogP contribution in [0.15, 0.2) is 24.3 Å². The SMILES string of the molecule is COC(=O)C(C)CN(Cc1ccc(OC)cc1)C(=O)C(C)(C)C. The summed E-state index contributed by atoms with van der Waals surface area (Å²) in [6.07, 6.45) is 0. The molecule has 0 saturated carbocycles. The Bertz CT molecular complexity index is 531. The third kappa shape index (κ3) is 5.58. The van der Waals surface area contributed by atoms with Gasteiger partial charge < -0.3 is 14.4 Å². The summed E-state index contributed by atoms with van der Waals surface area (Å²) < 4.78 is 9.91. The first-order valence-electron chi connectivity index (χ1n) is 7.69. The van der Waals surface area contributed by atoms with Gasteiger partial charge in [-0.25, -0.2) is 0 Å². The fourth-order valence-electron chi connectivity index (χ4n) is 2.25. The van der Waals surface area contributed by atoms with Crippen LogP contribution < -0.4 is 4.74 Å². The predicted octanol–water partition coefficient (Wildman–Crippen LogP) is 2.88. The zero-order chi connectivity index (χ0) is 17.6. The maximum absolute atomic E-state index is 12.7. The summed E-state index contributed by atoms with van der Waals surface area (Å²) in [5, 5.41) is 0. The monoisotopic (exact) mass is 321 g/mol. The number of hydrogen-bond acceptors (Lipinski definition) is 4. The molecule has 1 atom stereocenters. The van der Waals surface area contributed by atoms with Crippen molar-refractivity contribution in [1.29, 1.82) is 0 Å². The summed E-state index contributed by atoms with van der Waals surface area (Å²) in [7, 11) is 2.97. The van der Waals surface area contributed by atoms with E-state index in [9.17, 15) is 9.59 Å². The Morgan fingerprint density at radius 2 is 1.70 bits per heavy atom. The number of nitrogens with zero attached hydrogens (tertiary/aromatic N) is 1. The van der Waals surface area contributed by atoms with Gasteiger partial charge in [0.25, 0.3) is 0 Å². The molecule has 5 heteroatoms. The van der Waals surface area contributed by atoms with Crippen molar-refractivity contribution < 1.29 is 19.1 Å². The molecule has 0 aliphatic carbocycles. The standard InChI is InChI=1S/C18H27NO4/c1-13(16(20)23-6)11-19(17(21)18(2,3)4)12-14-7-9-15(22-5)10-8-14/h7-10,13H,11-12H2,1-6H3. The van der Waals surface area contributed by atoms with Crippen molar-refractivity contribution >= 4 is 11.9 Å². The van der Waals surface area contributed by atoms with Crippen LogP contribution in [0.1, 0.15) is 33.3 Å². The minimum Gasteiger partial charge on any atom is -0.497 e. The summed E-state index contributed by atoms with van der Waals surface area (Å²) in [6, 6.07) is 7.56. The second-order valence-electron chi connectivity index (χ2n) is 6.71. The second kappa shape index (κ2) is 7.99. The molecule has 5 nitrogen and oxygen atoms in total. The highest BCUT2D eigenvalue weighted by atomic mass is 16.5. The van der Waals surface area contributed by atoms with Crippen molar-refractivity contribution in [1.82, 2.24) is 4.90 Å². The van der Waals surface area contributed by atoms with Crippen molar-refractivity contribution in [3.8, 4) is 5.75 Å². The Kier molecular flexibility index (Phi) is 6.61. The first-order chi connectivity index (χ1) is 10.7. The van der Waals surface area contributed by atoms with Crippen molar-refractivity contribution in [2.45, 2.75) is 34.2 Å². The lowest BCUT2D eigenvalue weighted by Gasteiger charge is -2.31. The van der Waals surface area contributed by atoms with E-state index in [1.807, 2.05) is 45.0 Å². The van der Waals surface area contributed by atoms with Crippen LogP contribution >= 0.6 is 0 Å². The average Bonchev–Trinajstić information content (AvgIpc) is 2.52. The van der Waals surface area contributed by atoms with Gasteiger partial charge in [-0.15, -0.1) is 0 Å². The molecule has 0 N–H and O–H groups in total. The summed E-state index contributed by atoms with van der Waals surface area (Å²) in [6.45, 7) is 8.16. The minimum atomic E-state index is -0.512. The maximum atomic E-state index is 12.7. The molecule has 1 aromatic rings. The number of benzene rings is 1. The molecule has 0 saturated heterocycles. The molecular weight excluding hydrogens is 294 g/mol. The van der Waals surface area contributed by atoms with Crippen LogP contribution in [0.5, 0.6) is 5.75 Å². The third-order valence-electron chi connectivity index (χ3n) is 3.56. The van der Waals surface area contributed by atoms with E-state index in [-0.39, 0.29) is 17.8 Å². The first kappa shape index (κ1) is 19.0. The Balaban J connectivity index is 2.94. The molecule has 1 rings (SSSR count). The molecule has 0 spiro atoms. The van der Waals surface area contributed by atoms with E-state index in [4.69, 9.17) is 9.47 Å². The Morgan fingerprint density at radius 3 is 2.13 bits per heavy atom. The molecule has 1 amide bonds. The number of esters is 1. The fourth-order valence-corrected chi connectivity index (χ4v) is 2.25. The van der Waals surface area contributed by atoms with Crippen LogP contribution in [-0.2, 0) is 20.9 Å². The first-order valence-corrected chi connectivity index (χ1v) is 7.69. The molecule has 0 fully saturated rings. The smallest absolute Gasteiger partial charge is 0.310 e. The highest BCUT2D eigenvalue weighted by molar-refractivity contribution is 5.82. The molecule has 23 heavy (non-hydrogen) atoms. The van der Waals surface area contributed by atoms with Crippen molar-refractivity contribution in [2.24, 2.45) is 11.3 Å². The largest absolute Gasteiger partial charge is 0.497 e. The minimum absolute atomic E-state index is 0.00377. The van der Waals surface area contributed by atoms with E-state index in [2.05, 4.69) is 0 Å². The summed E-state index contributed by atoms with van der Waals surface area (Å²) in [5.41, 5.74) is 0.475. The molecule has 0 aromatic heterocycles. The van der Waals surface area contributed by atoms with Gasteiger partial charge in [0.1, 0.15) is 5.75 Å². The summed E-state index contributed by atoms with van der Waals surface area (Å²) in [5.74, 6) is 0.0884. The van der Waals surface area contributed by atoms with Crippen molar-refractivity contribution in [2.75, 3.05) is 20.8 Å². The van der Waals surface area contributed by atoms with E-state index in [0.29, 0.717) is 13.1 Å². The summed E-state index contributed by atoms with van der Waals surface area (Å²) in [4.78, 5) is 26.1. The van der Waals surface area contributed by atoms with Gasteiger partial charge in [0, 0.05) is 18.5 Å². The molecule has 0 aliphatic rings. The van der Waals surface area contributed by atoms with E-state index in [1.54, 1.807) is 18.9 Å². The number of amides is 1. The van der Waals surface area contributed by atoms with E-state index >= 15 is 0 Å². The lowest BCUT2D eigenvalue weighted by molar-refractivity contribution is -0.148. The van der Waals surface area contributed by atoms with Gasteiger partial charge in [0.05, 0.1) is 20.1 Å². The van der Waals surface area contributed by atoms with Gasteiger partial charge in [0.2, 0.25) is 5.91 Å². The molecule has 0 bridgehead atoms. The molecule has 0 aliphatic heterocycles. The Hall–Kier alpha value is -2.04. The molecule has 1 unspecified atom stereocenters. The number of hydrogen-bond donors (Lipinski definition) is 0. The number of ether oxygens (including phenoxy) is 2. The second-order valence-corrected chi connectivity index (χ2v) is 6.71. The molecule has 128 valence electrons. The Morgan fingerprint density at radius 1 is 1.13 bits per heavy atom. The topological polar surface area (TPSA) is 55.8 Å². The number of carbonyl (C=O) groups is 2. The van der Waals surface area contributed by atoms with Crippen LogP contribution in [0, 0.1) is 11.3 Å². The summed E-state index contributed by atoms with van der Waals surface area (Å²) >= 11 is 0. The van der Waals surface area contributed by atoms with Gasteiger partial charge in [-0.2, -0.15) is 0 Å². The molecule has 0 heterocycles. The van der Waals surface area contributed by atoms with Gasteiger partial charge in [0.15, 0.2) is 0 Å². The average molecular weight is 321 g/mol. The van der Waals surface area contributed by atoms with Gasteiger partial charge in [-0.1, -0.05) is 39.8 Å². The van der Waals surface area contributed by atoms with Gasteiger partial charge >= 0.3 is 5.97 Å². The number of methoxy groups -OCH3 is 2. The van der Waals surface area contributed by atoms with E-state index in [0.717, 1.165) is 11.3 Å². The molecular formula is C18H27NO4. The van der Waals surface area contributed by atoms with Crippen LogP contribution in [0.3, 0.4) is 0 Å². The van der Waals surface area contributed by atoms with E-state index in [1.165, 1.54) is 7.11 Å². The van der Waals surface area contributed by atoms with Crippen LogP contribution in [0.2, 0.25) is 0 Å². The van der Waals surface area contributed by atoms with Crippen molar-refractivity contribution in [3.05, 3.63) is 29.8 Å². The quantitative estimate of drug-likeness (QED) is 0.756. The van der Waals surface area contributed by atoms with E-state index < -0.39 is 5.41 Å². The number of rotatable bonds is 6. The predicted molar refractivity (Wildman–Crippen MR) is 89.0 cm³/mol. The highest BCUT2D eigenvalue weighted by Crippen LogP contribution is 2.21. The van der Waals surface area contributed by atoms with Crippen molar-refractivity contribution in [3.63, 3.8) is 0 Å². The lowest BCUT2D eigenvalue weighted by Crippen LogP contribution is -2.42. The lowest BCUT2D eigenvalue weighted by atomic mass is 9.93. The van der Waals surface area contributed by atoms with Crippen LogP contribution in [0.4, 0.5) is 0 Å². The number of carbonyl (C=O) groups excluding carboxylic acids is 2. The maximum Gasteiger partial charge on any atom is 0.310 e. The third-order valence-corrected chi connectivity index (χ3v) is 3.56. The van der Waals surface area contributed by atoms with Crippen LogP contribution in [-0.4, -0.2) is 37.5 Å². The van der Waals surface area contributed by atoms with Crippen LogP contribution in [0.25, 0.3) is 0 Å². The zero-order valence-electron chi connectivity index (χ0n) is 14.9. The molecule has 0 radical (unpaired) electrons. The fraction of sp³-hybridized carbons (Fsp3) is 0.556. The normalized spacial score (nSPS) is 12.4.